The van der Waals surface area contributed by atoms with Crippen LogP contribution < -0.4 is 10.5 Å². The molecule has 0 saturated carbocycles. The minimum Gasteiger partial charge on any atom is -0.494 e. The fourth-order valence-corrected chi connectivity index (χ4v) is 3.94. The van der Waals surface area contributed by atoms with Crippen LogP contribution in [0.15, 0.2) is 60.7 Å². The summed E-state index contributed by atoms with van der Waals surface area (Å²) < 4.78 is 7.84. The molecule has 4 nitrogen and oxygen atoms in total. The molecule has 0 atom stereocenters. The summed E-state index contributed by atoms with van der Waals surface area (Å²) in [4.78, 5) is 12.1. The zero-order chi connectivity index (χ0) is 20.5. The van der Waals surface area contributed by atoms with Gasteiger partial charge >= 0.3 is 0 Å². The van der Waals surface area contributed by atoms with E-state index in [2.05, 4.69) is 54.8 Å². The fourth-order valence-electron chi connectivity index (χ4n) is 3.94. The summed E-state index contributed by atoms with van der Waals surface area (Å²) in [5.41, 5.74) is 10.8. The molecule has 0 aliphatic heterocycles. The third-order valence-corrected chi connectivity index (χ3v) is 5.42. The number of carbonyl (C=O) groups is 1. The lowest BCUT2D eigenvalue weighted by molar-refractivity contribution is 0.100. The normalized spacial score (nSPS) is 11.4. The number of benzene rings is 3. The SMILES string of the molecule is CCOc1ccc(Cn2c3cc(C(C)C)ccc3c3c(C(N)=O)cccc32)cc1. The largest absolute Gasteiger partial charge is 0.494 e. The standard InChI is InChI=1S/C25H26N2O2/c1-4-29-19-11-8-17(9-12-19)15-27-22-7-5-6-21(25(26)28)24(22)20-13-10-18(16(2)3)14-23(20)27/h5-14,16H,4,15H2,1-3H3,(H2,26,28). The summed E-state index contributed by atoms with van der Waals surface area (Å²) in [6.45, 7) is 7.72. The van der Waals surface area contributed by atoms with Gasteiger partial charge in [0, 0.05) is 28.4 Å². The van der Waals surface area contributed by atoms with Crippen LogP contribution in [0.3, 0.4) is 0 Å². The lowest BCUT2D eigenvalue weighted by Gasteiger charge is -2.11. The Hall–Kier alpha value is -3.27. The van der Waals surface area contributed by atoms with Crippen molar-refractivity contribution < 1.29 is 9.53 Å². The maximum Gasteiger partial charge on any atom is 0.249 e. The molecule has 1 heterocycles. The van der Waals surface area contributed by atoms with Crippen LogP contribution in [-0.2, 0) is 6.54 Å². The zero-order valence-electron chi connectivity index (χ0n) is 17.1. The number of hydrogen-bond acceptors (Lipinski definition) is 2. The predicted molar refractivity (Wildman–Crippen MR) is 119 cm³/mol. The summed E-state index contributed by atoms with van der Waals surface area (Å²) in [6.07, 6.45) is 0. The van der Waals surface area contributed by atoms with Gasteiger partial charge in [0.05, 0.1) is 12.1 Å². The van der Waals surface area contributed by atoms with E-state index in [0.717, 1.165) is 27.6 Å². The number of nitrogens with two attached hydrogens (primary N) is 1. The first-order valence-electron chi connectivity index (χ1n) is 10.1. The third kappa shape index (κ3) is 3.46. The van der Waals surface area contributed by atoms with E-state index in [0.29, 0.717) is 24.6 Å². The van der Waals surface area contributed by atoms with Gasteiger partial charge in [0.25, 0.3) is 0 Å². The molecule has 0 aliphatic carbocycles. The molecule has 3 aromatic carbocycles. The monoisotopic (exact) mass is 386 g/mol. The van der Waals surface area contributed by atoms with Gasteiger partial charge in [-0.15, -0.1) is 0 Å². The fraction of sp³-hybridized carbons (Fsp3) is 0.240. The first-order valence-corrected chi connectivity index (χ1v) is 10.1. The van der Waals surface area contributed by atoms with E-state index >= 15 is 0 Å². The van der Waals surface area contributed by atoms with Gasteiger partial charge in [-0.2, -0.15) is 0 Å². The highest BCUT2D eigenvalue weighted by molar-refractivity contribution is 6.18. The third-order valence-electron chi connectivity index (χ3n) is 5.42. The van der Waals surface area contributed by atoms with Crippen molar-refractivity contribution in [2.45, 2.75) is 33.2 Å². The molecule has 0 saturated heterocycles. The molecule has 1 aromatic heterocycles. The average Bonchev–Trinajstić information content (AvgIpc) is 3.02. The van der Waals surface area contributed by atoms with Gasteiger partial charge < -0.3 is 15.0 Å². The molecule has 0 unspecified atom stereocenters. The van der Waals surface area contributed by atoms with E-state index in [9.17, 15) is 4.79 Å². The first kappa shape index (κ1) is 19.1. The van der Waals surface area contributed by atoms with Crippen LogP contribution >= 0.6 is 0 Å². The van der Waals surface area contributed by atoms with Crippen LogP contribution in [-0.4, -0.2) is 17.1 Å². The summed E-state index contributed by atoms with van der Waals surface area (Å²) in [5.74, 6) is 0.896. The second-order valence-corrected chi connectivity index (χ2v) is 7.66. The Morgan fingerprint density at radius 3 is 2.45 bits per heavy atom. The smallest absolute Gasteiger partial charge is 0.249 e. The van der Waals surface area contributed by atoms with Crippen molar-refractivity contribution in [2.75, 3.05) is 6.61 Å². The van der Waals surface area contributed by atoms with Gasteiger partial charge in [0.2, 0.25) is 5.91 Å². The Labute approximate surface area is 170 Å². The molecule has 0 spiro atoms. The first-order chi connectivity index (χ1) is 14.0. The van der Waals surface area contributed by atoms with E-state index in [1.54, 1.807) is 0 Å². The Morgan fingerprint density at radius 2 is 1.79 bits per heavy atom. The lowest BCUT2D eigenvalue weighted by atomic mass is 10.00. The summed E-state index contributed by atoms with van der Waals surface area (Å²) in [6, 6.07) is 20.5. The minimum atomic E-state index is -0.399. The molecular formula is C25H26N2O2. The van der Waals surface area contributed by atoms with Gasteiger partial charge in [0.1, 0.15) is 5.75 Å². The number of rotatable bonds is 6. The van der Waals surface area contributed by atoms with E-state index in [1.807, 2.05) is 31.2 Å². The maximum absolute atomic E-state index is 12.1. The number of fused-ring (bicyclic) bond motifs is 3. The van der Waals surface area contributed by atoms with Gasteiger partial charge in [-0.3, -0.25) is 4.79 Å². The summed E-state index contributed by atoms with van der Waals surface area (Å²) in [7, 11) is 0. The molecule has 29 heavy (non-hydrogen) atoms. The van der Waals surface area contributed by atoms with Crippen LogP contribution in [0, 0.1) is 0 Å². The van der Waals surface area contributed by atoms with Gasteiger partial charge in [-0.05, 0) is 54.3 Å². The Kier molecular flexibility index (Phi) is 5.01. The maximum atomic E-state index is 12.1. The highest BCUT2D eigenvalue weighted by Crippen LogP contribution is 2.34. The van der Waals surface area contributed by atoms with Crippen LogP contribution in [0.4, 0.5) is 0 Å². The molecule has 0 fully saturated rings. The topological polar surface area (TPSA) is 57.2 Å². The molecule has 4 heteroatoms. The second-order valence-electron chi connectivity index (χ2n) is 7.66. The number of nitrogens with zero attached hydrogens (tertiary/aromatic N) is 1. The molecular weight excluding hydrogens is 360 g/mol. The lowest BCUT2D eigenvalue weighted by Crippen LogP contribution is -2.11. The van der Waals surface area contributed by atoms with Crippen molar-refractivity contribution in [3.8, 4) is 5.75 Å². The van der Waals surface area contributed by atoms with E-state index < -0.39 is 5.91 Å². The second kappa shape index (κ2) is 7.63. The highest BCUT2D eigenvalue weighted by atomic mass is 16.5. The molecule has 1 amide bonds. The van der Waals surface area contributed by atoms with Crippen LogP contribution in [0.2, 0.25) is 0 Å². The number of aromatic nitrogens is 1. The molecule has 0 aliphatic rings. The molecule has 4 rings (SSSR count). The van der Waals surface area contributed by atoms with Gasteiger partial charge in [-0.25, -0.2) is 0 Å². The van der Waals surface area contributed by atoms with Crippen LogP contribution in [0.1, 0.15) is 48.2 Å². The van der Waals surface area contributed by atoms with Crippen LogP contribution in [0.25, 0.3) is 21.8 Å². The molecule has 2 N–H and O–H groups in total. The van der Waals surface area contributed by atoms with E-state index in [1.165, 1.54) is 11.1 Å². The molecule has 4 aromatic rings. The molecule has 0 bridgehead atoms. The van der Waals surface area contributed by atoms with Gasteiger partial charge in [-0.1, -0.05) is 44.2 Å². The quantitative estimate of drug-likeness (QED) is 0.478. The van der Waals surface area contributed by atoms with Crippen molar-refractivity contribution in [1.29, 1.82) is 0 Å². The molecule has 0 radical (unpaired) electrons. The number of ether oxygens (including phenoxy) is 1. The Balaban J connectivity index is 1.93. The van der Waals surface area contributed by atoms with Gasteiger partial charge in [0.15, 0.2) is 0 Å². The summed E-state index contributed by atoms with van der Waals surface area (Å²) >= 11 is 0. The highest BCUT2D eigenvalue weighted by Gasteiger charge is 2.17. The predicted octanol–water partition coefficient (Wildman–Crippen LogP) is 5.46. The van der Waals surface area contributed by atoms with E-state index in [4.69, 9.17) is 10.5 Å². The average molecular weight is 386 g/mol. The van der Waals surface area contributed by atoms with Crippen molar-refractivity contribution >= 4 is 27.7 Å². The van der Waals surface area contributed by atoms with Crippen molar-refractivity contribution in [3.63, 3.8) is 0 Å². The van der Waals surface area contributed by atoms with Crippen molar-refractivity contribution in [1.82, 2.24) is 4.57 Å². The van der Waals surface area contributed by atoms with Crippen molar-refractivity contribution in [2.24, 2.45) is 5.73 Å². The minimum absolute atomic E-state index is 0.399. The van der Waals surface area contributed by atoms with E-state index in [-0.39, 0.29) is 0 Å². The summed E-state index contributed by atoms with van der Waals surface area (Å²) in [5, 5.41) is 1.99. The Morgan fingerprint density at radius 1 is 1.03 bits per heavy atom. The number of hydrogen-bond donors (Lipinski definition) is 1. The zero-order valence-corrected chi connectivity index (χ0v) is 17.1. The molecule has 148 valence electrons. The number of amides is 1. The van der Waals surface area contributed by atoms with Crippen LogP contribution in [0.5, 0.6) is 5.75 Å². The number of carbonyl (C=O) groups excluding carboxylic acids is 1. The Bertz CT molecular complexity index is 1190. The van der Waals surface area contributed by atoms with Crippen molar-refractivity contribution in [3.05, 3.63) is 77.4 Å². The number of primary amides is 1.